The van der Waals surface area contributed by atoms with Crippen molar-refractivity contribution in [3.05, 3.63) is 30.1 Å². The van der Waals surface area contributed by atoms with E-state index >= 15 is 0 Å². The second-order valence-electron chi connectivity index (χ2n) is 5.16. The fourth-order valence-corrected chi connectivity index (χ4v) is 2.54. The fourth-order valence-electron chi connectivity index (χ4n) is 2.54. The van der Waals surface area contributed by atoms with E-state index in [0.717, 1.165) is 42.6 Å². The van der Waals surface area contributed by atoms with Crippen LogP contribution in [0.5, 0.6) is 5.75 Å². The maximum atomic E-state index is 11.6. The first-order chi connectivity index (χ1) is 10.8. The predicted octanol–water partition coefficient (Wildman–Crippen LogP) is 0.462. The Balaban J connectivity index is 1.76. The summed E-state index contributed by atoms with van der Waals surface area (Å²) in [6, 6.07) is 5.66. The number of benzene rings is 1. The molecule has 0 radical (unpaired) electrons. The molecule has 0 aromatic heterocycles. The average Bonchev–Trinajstić information content (AvgIpc) is 3.01. The van der Waals surface area contributed by atoms with Gasteiger partial charge in [-0.15, -0.1) is 0 Å². The van der Waals surface area contributed by atoms with Crippen molar-refractivity contribution < 1.29 is 14.3 Å². The zero-order valence-electron chi connectivity index (χ0n) is 12.5. The average molecular weight is 304 g/mol. The highest BCUT2D eigenvalue weighted by Gasteiger charge is 2.20. The van der Waals surface area contributed by atoms with E-state index in [4.69, 9.17) is 9.47 Å². The molecule has 1 amide bonds. The standard InChI is InChI=1S/C15H20N4O3/c1-21-9-15(20)18-11-2-3-14-13(6-11)19(4-5-22-14)8-12-7-16-10-17-12/h2-3,6-7,16-17H,4-5,8-10H2,1H3,(H,18,20). The summed E-state index contributed by atoms with van der Waals surface area (Å²) in [5, 5.41) is 9.23. The maximum absolute atomic E-state index is 11.6. The lowest BCUT2D eigenvalue weighted by Crippen LogP contribution is -2.36. The van der Waals surface area contributed by atoms with Gasteiger partial charge in [0.05, 0.1) is 25.4 Å². The number of fused-ring (bicyclic) bond motifs is 1. The zero-order valence-corrected chi connectivity index (χ0v) is 12.5. The van der Waals surface area contributed by atoms with Gasteiger partial charge in [-0.2, -0.15) is 0 Å². The molecule has 3 rings (SSSR count). The summed E-state index contributed by atoms with van der Waals surface area (Å²) in [5.74, 6) is 0.664. The minimum Gasteiger partial charge on any atom is -0.490 e. The third-order valence-corrected chi connectivity index (χ3v) is 3.53. The summed E-state index contributed by atoms with van der Waals surface area (Å²) in [6.07, 6.45) is 1.99. The van der Waals surface area contributed by atoms with Gasteiger partial charge in [-0.3, -0.25) is 4.79 Å². The molecule has 1 aromatic carbocycles. The molecule has 1 aromatic rings. The number of carbonyl (C=O) groups excluding carboxylic acids is 1. The normalized spacial score (nSPS) is 16.0. The van der Waals surface area contributed by atoms with Crippen LogP contribution in [0.15, 0.2) is 30.1 Å². The number of ether oxygens (including phenoxy) is 2. The molecule has 2 heterocycles. The van der Waals surface area contributed by atoms with E-state index in [1.54, 1.807) is 0 Å². The quantitative estimate of drug-likeness (QED) is 0.734. The van der Waals surface area contributed by atoms with E-state index < -0.39 is 0 Å². The van der Waals surface area contributed by atoms with Crippen molar-refractivity contribution in [2.45, 2.75) is 0 Å². The Kier molecular flexibility index (Phi) is 4.34. The number of rotatable bonds is 5. The predicted molar refractivity (Wildman–Crippen MR) is 83.9 cm³/mol. The maximum Gasteiger partial charge on any atom is 0.250 e. The summed E-state index contributed by atoms with van der Waals surface area (Å²) < 4.78 is 10.5. The Hall–Kier alpha value is -2.41. The minimum absolute atomic E-state index is 0.0414. The molecule has 0 bridgehead atoms. The largest absolute Gasteiger partial charge is 0.490 e. The molecule has 0 unspecified atom stereocenters. The van der Waals surface area contributed by atoms with Crippen LogP contribution in [0.25, 0.3) is 0 Å². The van der Waals surface area contributed by atoms with Crippen molar-refractivity contribution in [1.29, 1.82) is 0 Å². The molecule has 22 heavy (non-hydrogen) atoms. The number of amides is 1. The second-order valence-corrected chi connectivity index (χ2v) is 5.16. The molecule has 0 atom stereocenters. The number of hydrogen-bond donors (Lipinski definition) is 3. The van der Waals surface area contributed by atoms with Gasteiger partial charge in [0.2, 0.25) is 5.91 Å². The number of anilines is 2. The van der Waals surface area contributed by atoms with Crippen LogP contribution in [-0.4, -0.2) is 46.0 Å². The molecule has 7 nitrogen and oxygen atoms in total. The topological polar surface area (TPSA) is 74.9 Å². The zero-order chi connectivity index (χ0) is 15.4. The lowest BCUT2D eigenvalue weighted by Gasteiger charge is -2.31. The van der Waals surface area contributed by atoms with Crippen molar-refractivity contribution in [2.24, 2.45) is 0 Å². The van der Waals surface area contributed by atoms with Crippen molar-refractivity contribution in [3.8, 4) is 5.75 Å². The van der Waals surface area contributed by atoms with Crippen LogP contribution in [0, 0.1) is 0 Å². The first kappa shape index (κ1) is 14.5. The Morgan fingerprint density at radius 3 is 3.18 bits per heavy atom. The van der Waals surface area contributed by atoms with E-state index in [-0.39, 0.29) is 12.5 Å². The minimum atomic E-state index is -0.171. The molecular weight excluding hydrogens is 284 g/mol. The first-order valence-electron chi connectivity index (χ1n) is 7.23. The summed E-state index contributed by atoms with van der Waals surface area (Å²) in [5.41, 5.74) is 2.86. The molecule has 0 spiro atoms. The van der Waals surface area contributed by atoms with Gasteiger partial charge in [0.25, 0.3) is 0 Å². The van der Waals surface area contributed by atoms with Gasteiger partial charge in [-0.25, -0.2) is 0 Å². The number of carbonyl (C=O) groups is 1. The Labute approximate surface area is 129 Å². The summed E-state index contributed by atoms with van der Waals surface area (Å²) >= 11 is 0. The number of nitrogens with zero attached hydrogens (tertiary/aromatic N) is 1. The van der Waals surface area contributed by atoms with Gasteiger partial charge in [0.15, 0.2) is 0 Å². The molecule has 0 saturated carbocycles. The number of hydrogen-bond acceptors (Lipinski definition) is 6. The van der Waals surface area contributed by atoms with Crippen LogP contribution in [0.4, 0.5) is 11.4 Å². The molecule has 0 aliphatic carbocycles. The van der Waals surface area contributed by atoms with Crippen LogP contribution in [0.3, 0.4) is 0 Å². The number of nitrogens with one attached hydrogen (secondary N) is 3. The lowest BCUT2D eigenvalue weighted by atomic mass is 10.2. The molecule has 0 fully saturated rings. The highest BCUT2D eigenvalue weighted by Crippen LogP contribution is 2.34. The van der Waals surface area contributed by atoms with Gasteiger partial charge >= 0.3 is 0 Å². The van der Waals surface area contributed by atoms with Gasteiger partial charge in [-0.1, -0.05) is 0 Å². The lowest BCUT2D eigenvalue weighted by molar-refractivity contribution is -0.119. The Morgan fingerprint density at radius 1 is 1.50 bits per heavy atom. The molecule has 2 aliphatic heterocycles. The van der Waals surface area contributed by atoms with Gasteiger partial charge in [0.1, 0.15) is 19.0 Å². The third-order valence-electron chi connectivity index (χ3n) is 3.53. The van der Waals surface area contributed by atoms with Crippen molar-refractivity contribution in [3.63, 3.8) is 0 Å². The van der Waals surface area contributed by atoms with Crippen LogP contribution >= 0.6 is 0 Å². The van der Waals surface area contributed by atoms with E-state index in [1.807, 2.05) is 24.4 Å². The highest BCUT2D eigenvalue weighted by atomic mass is 16.5. The number of methoxy groups -OCH3 is 1. The smallest absolute Gasteiger partial charge is 0.250 e. The summed E-state index contributed by atoms with van der Waals surface area (Å²) in [7, 11) is 1.50. The molecule has 0 saturated heterocycles. The van der Waals surface area contributed by atoms with Crippen molar-refractivity contribution in [2.75, 3.05) is 50.3 Å². The fraction of sp³-hybridized carbons (Fsp3) is 0.400. The molecule has 118 valence electrons. The van der Waals surface area contributed by atoms with Gasteiger partial charge < -0.3 is 30.3 Å². The van der Waals surface area contributed by atoms with Gasteiger partial charge in [-0.05, 0) is 18.2 Å². The van der Waals surface area contributed by atoms with Crippen molar-refractivity contribution >= 4 is 17.3 Å². The Bertz CT molecular complexity index is 588. The Morgan fingerprint density at radius 2 is 2.41 bits per heavy atom. The van der Waals surface area contributed by atoms with Crippen LogP contribution < -0.4 is 25.6 Å². The van der Waals surface area contributed by atoms with Crippen LogP contribution in [0.1, 0.15) is 0 Å². The monoisotopic (exact) mass is 304 g/mol. The highest BCUT2D eigenvalue weighted by molar-refractivity contribution is 5.92. The molecule has 2 aliphatic rings. The summed E-state index contributed by atoms with van der Waals surface area (Å²) in [4.78, 5) is 13.9. The second kappa shape index (κ2) is 6.57. The SMILES string of the molecule is COCC(=O)Nc1ccc2c(c1)N(CC1=CNCN1)CCO2. The molecule has 3 N–H and O–H groups in total. The van der Waals surface area contributed by atoms with Crippen molar-refractivity contribution in [1.82, 2.24) is 10.6 Å². The van der Waals surface area contributed by atoms with E-state index in [0.29, 0.717) is 6.61 Å². The van der Waals surface area contributed by atoms with E-state index in [2.05, 4.69) is 20.9 Å². The third kappa shape index (κ3) is 3.25. The van der Waals surface area contributed by atoms with E-state index in [1.165, 1.54) is 7.11 Å². The first-order valence-corrected chi connectivity index (χ1v) is 7.23. The van der Waals surface area contributed by atoms with Gasteiger partial charge in [0, 0.05) is 24.7 Å². The summed E-state index contributed by atoms with van der Waals surface area (Å²) in [6.45, 7) is 3.04. The van der Waals surface area contributed by atoms with E-state index in [9.17, 15) is 4.79 Å². The van der Waals surface area contributed by atoms with Crippen LogP contribution in [0.2, 0.25) is 0 Å². The molecule has 7 heteroatoms. The molecular formula is C15H20N4O3. The van der Waals surface area contributed by atoms with Crippen LogP contribution in [-0.2, 0) is 9.53 Å².